The van der Waals surface area contributed by atoms with Crippen LogP contribution in [-0.4, -0.2) is 54.1 Å². The molecule has 2 aliphatic rings. The zero-order valence-electron chi connectivity index (χ0n) is 19.4. The highest BCUT2D eigenvalue weighted by atomic mass is 16.2. The maximum absolute atomic E-state index is 13.3. The number of hydrogen-bond donors (Lipinski definition) is 1. The van der Waals surface area contributed by atoms with Crippen LogP contribution in [0.25, 0.3) is 0 Å². The summed E-state index contributed by atoms with van der Waals surface area (Å²) >= 11 is 0. The third-order valence-corrected chi connectivity index (χ3v) is 6.76. The Bertz CT molecular complexity index is 1140. The molecule has 1 saturated heterocycles. The highest BCUT2D eigenvalue weighted by molar-refractivity contribution is 5.97. The molecule has 178 valence electrons. The quantitative estimate of drug-likeness (QED) is 0.608. The van der Waals surface area contributed by atoms with Gasteiger partial charge in [0.1, 0.15) is 11.6 Å². The first-order valence-corrected chi connectivity index (χ1v) is 12.2. The average molecular weight is 462 g/mol. The summed E-state index contributed by atoms with van der Waals surface area (Å²) in [6.07, 6.45) is 12.1. The molecule has 1 aromatic carbocycles. The number of nitrogens with one attached hydrogen (secondary N) is 1. The Hall–Kier alpha value is -3.49. The van der Waals surface area contributed by atoms with Gasteiger partial charge in [-0.1, -0.05) is 12.5 Å². The SMILES string of the molecule is O=C(CCn1ccnc1)Nc1cccc(C(=O)N2CCCC(c3nnc4n3CCCCC4)C2)c1. The van der Waals surface area contributed by atoms with Crippen LogP contribution in [-0.2, 0) is 24.3 Å². The molecule has 3 aromatic rings. The van der Waals surface area contributed by atoms with E-state index in [0.717, 1.165) is 50.4 Å². The predicted octanol–water partition coefficient (Wildman–Crippen LogP) is 3.25. The fourth-order valence-corrected chi connectivity index (χ4v) is 4.97. The molecule has 4 heterocycles. The van der Waals surface area contributed by atoms with E-state index in [-0.39, 0.29) is 17.7 Å². The fourth-order valence-electron chi connectivity index (χ4n) is 4.97. The van der Waals surface area contributed by atoms with Crippen molar-refractivity contribution in [3.63, 3.8) is 0 Å². The molecule has 0 saturated carbocycles. The lowest BCUT2D eigenvalue weighted by molar-refractivity contribution is -0.116. The minimum atomic E-state index is -0.0937. The summed E-state index contributed by atoms with van der Waals surface area (Å²) in [7, 11) is 0. The van der Waals surface area contributed by atoms with E-state index >= 15 is 0 Å². The normalized spacial score (nSPS) is 18.2. The Morgan fingerprint density at radius 2 is 2.03 bits per heavy atom. The summed E-state index contributed by atoms with van der Waals surface area (Å²) in [5.74, 6) is 2.24. The van der Waals surface area contributed by atoms with E-state index in [4.69, 9.17) is 0 Å². The van der Waals surface area contributed by atoms with Gasteiger partial charge in [-0.25, -0.2) is 4.98 Å². The van der Waals surface area contributed by atoms with Crippen LogP contribution in [0.2, 0.25) is 0 Å². The summed E-state index contributed by atoms with van der Waals surface area (Å²) < 4.78 is 4.16. The molecule has 34 heavy (non-hydrogen) atoms. The third kappa shape index (κ3) is 5.03. The number of carbonyl (C=O) groups excluding carboxylic acids is 2. The van der Waals surface area contributed by atoms with E-state index < -0.39 is 0 Å². The number of hydrogen-bond acceptors (Lipinski definition) is 5. The van der Waals surface area contributed by atoms with E-state index in [2.05, 4.69) is 25.1 Å². The Labute approximate surface area is 199 Å². The zero-order chi connectivity index (χ0) is 23.3. The highest BCUT2D eigenvalue weighted by Gasteiger charge is 2.30. The van der Waals surface area contributed by atoms with Crippen LogP contribution in [0.5, 0.6) is 0 Å². The maximum Gasteiger partial charge on any atom is 0.253 e. The van der Waals surface area contributed by atoms with Gasteiger partial charge >= 0.3 is 0 Å². The first-order chi connectivity index (χ1) is 16.7. The summed E-state index contributed by atoms with van der Waals surface area (Å²) in [6, 6.07) is 7.22. The molecule has 2 aliphatic heterocycles. The zero-order valence-corrected chi connectivity index (χ0v) is 19.4. The molecule has 0 aliphatic carbocycles. The first-order valence-electron chi connectivity index (χ1n) is 12.2. The van der Waals surface area contributed by atoms with Crippen molar-refractivity contribution in [2.45, 2.75) is 64.0 Å². The second-order valence-electron chi connectivity index (χ2n) is 9.21. The van der Waals surface area contributed by atoms with E-state index in [9.17, 15) is 9.59 Å². The maximum atomic E-state index is 13.3. The summed E-state index contributed by atoms with van der Waals surface area (Å²) in [5.41, 5.74) is 1.23. The Balaban J connectivity index is 1.23. The number of piperidine rings is 1. The van der Waals surface area contributed by atoms with Crippen LogP contribution in [0.15, 0.2) is 43.0 Å². The third-order valence-electron chi connectivity index (χ3n) is 6.76. The van der Waals surface area contributed by atoms with E-state index in [1.54, 1.807) is 18.6 Å². The molecular formula is C25H31N7O2. The average Bonchev–Trinajstić information content (AvgIpc) is 3.47. The predicted molar refractivity (Wildman–Crippen MR) is 127 cm³/mol. The Kier molecular flexibility index (Phi) is 6.69. The van der Waals surface area contributed by atoms with Crippen LogP contribution in [0.1, 0.15) is 66.4 Å². The van der Waals surface area contributed by atoms with Crippen LogP contribution < -0.4 is 5.32 Å². The van der Waals surface area contributed by atoms with Gasteiger partial charge in [-0.3, -0.25) is 9.59 Å². The number of aromatic nitrogens is 5. The molecule has 0 bridgehead atoms. The molecule has 2 aromatic heterocycles. The van der Waals surface area contributed by atoms with Gasteiger partial charge < -0.3 is 19.4 Å². The number of carbonyl (C=O) groups is 2. The molecule has 9 heteroatoms. The van der Waals surface area contributed by atoms with Crippen molar-refractivity contribution >= 4 is 17.5 Å². The second kappa shape index (κ2) is 10.2. The number of benzene rings is 1. The van der Waals surface area contributed by atoms with Crippen molar-refractivity contribution in [1.82, 2.24) is 29.2 Å². The standard InChI is InChI=1S/C25H31N7O2/c33-23(10-14-30-15-11-26-18-30)27-21-8-4-6-19(16-21)25(34)31-12-5-7-20(17-31)24-29-28-22-9-2-1-3-13-32(22)24/h4,6,8,11,15-16,18,20H,1-3,5,7,9-10,12-14,17H2,(H,27,33). The lowest BCUT2D eigenvalue weighted by Crippen LogP contribution is -2.39. The molecule has 5 rings (SSSR count). The lowest BCUT2D eigenvalue weighted by Gasteiger charge is -2.32. The highest BCUT2D eigenvalue weighted by Crippen LogP contribution is 2.29. The van der Waals surface area contributed by atoms with Gasteiger partial charge in [0, 0.05) is 68.6 Å². The van der Waals surface area contributed by atoms with Gasteiger partial charge in [0.05, 0.1) is 6.33 Å². The number of amides is 2. The van der Waals surface area contributed by atoms with Crippen molar-refractivity contribution < 1.29 is 9.59 Å². The number of rotatable bonds is 6. The number of fused-ring (bicyclic) bond motifs is 1. The van der Waals surface area contributed by atoms with Crippen LogP contribution in [0.3, 0.4) is 0 Å². The Morgan fingerprint density at radius 3 is 2.91 bits per heavy atom. The summed E-state index contributed by atoms with van der Waals surface area (Å²) in [4.78, 5) is 31.6. The van der Waals surface area contributed by atoms with Crippen molar-refractivity contribution in [3.8, 4) is 0 Å². The number of nitrogens with zero attached hydrogens (tertiary/aromatic N) is 6. The van der Waals surface area contributed by atoms with Crippen molar-refractivity contribution in [2.24, 2.45) is 0 Å². The summed E-state index contributed by atoms with van der Waals surface area (Å²) in [6.45, 7) is 2.92. The van der Waals surface area contributed by atoms with E-state index in [0.29, 0.717) is 30.8 Å². The number of likely N-dealkylation sites (tertiary alicyclic amines) is 1. The molecule has 9 nitrogen and oxygen atoms in total. The summed E-state index contributed by atoms with van der Waals surface area (Å²) in [5, 5.41) is 11.9. The van der Waals surface area contributed by atoms with E-state index in [1.165, 1.54) is 12.8 Å². The van der Waals surface area contributed by atoms with E-state index in [1.807, 2.05) is 33.9 Å². The van der Waals surface area contributed by atoms with Gasteiger partial charge in [0.15, 0.2) is 0 Å². The number of aryl methyl sites for hydroxylation is 2. The van der Waals surface area contributed by atoms with Gasteiger partial charge in [0.2, 0.25) is 5.91 Å². The molecule has 1 unspecified atom stereocenters. The molecule has 2 amide bonds. The van der Waals surface area contributed by atoms with Crippen LogP contribution >= 0.6 is 0 Å². The van der Waals surface area contributed by atoms with Crippen molar-refractivity contribution in [2.75, 3.05) is 18.4 Å². The molecule has 0 radical (unpaired) electrons. The number of imidazole rings is 1. The van der Waals surface area contributed by atoms with Gasteiger partial charge in [0.25, 0.3) is 5.91 Å². The topological polar surface area (TPSA) is 97.9 Å². The number of anilines is 1. The monoisotopic (exact) mass is 461 g/mol. The molecular weight excluding hydrogens is 430 g/mol. The van der Waals surface area contributed by atoms with Gasteiger partial charge in [-0.15, -0.1) is 10.2 Å². The first kappa shape index (κ1) is 22.3. The van der Waals surface area contributed by atoms with Gasteiger partial charge in [-0.05, 0) is 43.9 Å². The minimum Gasteiger partial charge on any atom is -0.338 e. The molecule has 1 atom stereocenters. The van der Waals surface area contributed by atoms with Crippen LogP contribution in [0.4, 0.5) is 5.69 Å². The Morgan fingerprint density at radius 1 is 1.09 bits per heavy atom. The van der Waals surface area contributed by atoms with Gasteiger partial charge in [-0.2, -0.15) is 0 Å². The largest absolute Gasteiger partial charge is 0.338 e. The van der Waals surface area contributed by atoms with Crippen molar-refractivity contribution in [1.29, 1.82) is 0 Å². The minimum absolute atomic E-state index is 0.00480. The van der Waals surface area contributed by atoms with Crippen LogP contribution in [0, 0.1) is 0 Å². The van der Waals surface area contributed by atoms with Crippen molar-refractivity contribution in [3.05, 3.63) is 60.2 Å². The molecule has 1 fully saturated rings. The second-order valence-corrected chi connectivity index (χ2v) is 9.21. The molecule has 0 spiro atoms. The fraction of sp³-hybridized carbons (Fsp3) is 0.480. The lowest BCUT2D eigenvalue weighted by atomic mass is 9.96. The molecule has 1 N–H and O–H groups in total. The smallest absolute Gasteiger partial charge is 0.253 e.